The molecule has 0 bridgehead atoms. The molecule has 0 aliphatic carbocycles. The van der Waals surface area contributed by atoms with Crippen LogP contribution in [0.15, 0.2) is 24.3 Å². The first-order valence-electron chi connectivity index (χ1n) is 11.9. The van der Waals surface area contributed by atoms with Crippen molar-refractivity contribution in [2.45, 2.75) is 70.7 Å². The van der Waals surface area contributed by atoms with Gasteiger partial charge in [-0.15, -0.1) is 10.1 Å². The first kappa shape index (κ1) is 29.8. The highest BCUT2D eigenvalue weighted by atomic mass is 17.0. The highest BCUT2D eigenvalue weighted by Crippen LogP contribution is 2.33. The summed E-state index contributed by atoms with van der Waals surface area (Å²) in [6, 6.07) is 6.18. The Labute approximate surface area is 215 Å². The number of likely N-dealkylation sites (N-methyl/N-ethyl adjacent to an activating group) is 1. The van der Waals surface area contributed by atoms with Gasteiger partial charge in [-0.05, 0) is 43.7 Å². The van der Waals surface area contributed by atoms with E-state index in [1.165, 1.54) is 25.8 Å². The Hall–Kier alpha value is -3.45. The molecule has 0 saturated heterocycles. The second-order valence-corrected chi connectivity index (χ2v) is 10.7. The second-order valence-electron chi connectivity index (χ2n) is 10.7. The number of anilines is 1. The third-order valence-corrected chi connectivity index (χ3v) is 6.52. The van der Waals surface area contributed by atoms with Crippen molar-refractivity contribution in [3.05, 3.63) is 39.9 Å². The maximum atomic E-state index is 13.4. The topological polar surface area (TPSA) is 189 Å². The van der Waals surface area contributed by atoms with E-state index in [1.807, 2.05) is 38.1 Å². The van der Waals surface area contributed by atoms with Crippen molar-refractivity contribution in [1.29, 1.82) is 0 Å². The van der Waals surface area contributed by atoms with Crippen LogP contribution < -0.4 is 16.0 Å². The van der Waals surface area contributed by atoms with Crippen LogP contribution in [0.5, 0.6) is 0 Å². The van der Waals surface area contributed by atoms with Gasteiger partial charge in [-0.1, -0.05) is 32.0 Å². The summed E-state index contributed by atoms with van der Waals surface area (Å²) in [5, 5.41) is 31.8. The highest BCUT2D eigenvalue weighted by Gasteiger charge is 2.36. The number of carbonyl (C=O) groups is 3. The first-order chi connectivity index (χ1) is 17.0. The van der Waals surface area contributed by atoms with Gasteiger partial charge < -0.3 is 31.1 Å². The molecule has 2 rings (SSSR count). The number of aliphatic hydroxyl groups excluding tert-OH is 1. The SMILES string of the molecule is CN(C(=O)O)C1Cc2ccccc2N(C(=O)CC(C)(C)C[C@H](N)[C@@H](O)CNC(=O)C(C)(C)O[N+](=O)[O-])C1. The molecule has 0 radical (unpaired) electrons. The van der Waals surface area contributed by atoms with Gasteiger partial charge in [0, 0.05) is 38.3 Å². The van der Waals surface area contributed by atoms with Crippen LogP contribution in [0.1, 0.15) is 46.1 Å². The number of fused-ring (bicyclic) bond motifs is 1. The zero-order valence-electron chi connectivity index (χ0n) is 21.8. The van der Waals surface area contributed by atoms with Crippen LogP contribution >= 0.6 is 0 Å². The summed E-state index contributed by atoms with van der Waals surface area (Å²) in [6.07, 6.45) is -1.43. The van der Waals surface area contributed by atoms with E-state index < -0.39 is 46.3 Å². The monoisotopic (exact) mass is 523 g/mol. The lowest BCUT2D eigenvalue weighted by molar-refractivity contribution is -0.774. The standard InChI is InChI=1S/C24H37N5O8/c1-23(2,11-17(25)19(30)13-26-21(32)24(3,4)37-29(35)36)12-20(31)28-14-16(27(5)22(33)34)10-15-8-6-7-9-18(15)28/h6-9,16-17,19,30H,10-14,25H2,1-5H3,(H,26,32)(H,33,34)/t16?,17-,19-/m0/s1. The summed E-state index contributed by atoms with van der Waals surface area (Å²) in [5.74, 6) is -0.982. The summed E-state index contributed by atoms with van der Waals surface area (Å²) in [4.78, 5) is 54.8. The molecule has 1 aromatic rings. The molecule has 5 N–H and O–H groups in total. The number of carbonyl (C=O) groups excluding carboxylic acids is 2. The molecule has 13 heteroatoms. The van der Waals surface area contributed by atoms with Gasteiger partial charge in [0.25, 0.3) is 11.0 Å². The first-order valence-corrected chi connectivity index (χ1v) is 11.9. The van der Waals surface area contributed by atoms with E-state index in [0.717, 1.165) is 11.3 Å². The maximum Gasteiger partial charge on any atom is 0.407 e. The van der Waals surface area contributed by atoms with Gasteiger partial charge in [-0.2, -0.15) is 0 Å². The number of hydrogen-bond acceptors (Lipinski definition) is 8. The summed E-state index contributed by atoms with van der Waals surface area (Å²) in [6.45, 7) is 6.09. The molecule has 0 saturated carbocycles. The zero-order chi connectivity index (χ0) is 28.1. The molecule has 3 atom stereocenters. The lowest BCUT2D eigenvalue weighted by Crippen LogP contribution is -2.52. The molecule has 1 aliphatic rings. The molecule has 1 aliphatic heterocycles. The lowest BCUT2D eigenvalue weighted by Gasteiger charge is -2.39. The third-order valence-electron chi connectivity index (χ3n) is 6.52. The number of hydrogen-bond donors (Lipinski definition) is 4. The van der Waals surface area contributed by atoms with Gasteiger partial charge in [0.1, 0.15) is 0 Å². The molecule has 206 valence electrons. The third kappa shape index (κ3) is 8.02. The second kappa shape index (κ2) is 11.7. The van der Waals surface area contributed by atoms with Crippen LogP contribution in [0, 0.1) is 15.5 Å². The number of para-hydroxylation sites is 1. The van der Waals surface area contributed by atoms with Gasteiger partial charge in [0.05, 0.1) is 12.1 Å². The van der Waals surface area contributed by atoms with Crippen molar-refractivity contribution in [3.63, 3.8) is 0 Å². The van der Waals surface area contributed by atoms with E-state index in [9.17, 15) is 34.7 Å². The van der Waals surface area contributed by atoms with E-state index >= 15 is 0 Å². The lowest BCUT2D eigenvalue weighted by atomic mass is 9.80. The molecule has 37 heavy (non-hydrogen) atoms. The average molecular weight is 524 g/mol. The van der Waals surface area contributed by atoms with Crippen LogP contribution in [0.4, 0.5) is 10.5 Å². The Bertz CT molecular complexity index is 1010. The highest BCUT2D eigenvalue weighted by molar-refractivity contribution is 5.95. The molecule has 1 unspecified atom stereocenters. The molecule has 1 heterocycles. The summed E-state index contributed by atoms with van der Waals surface area (Å²) in [5.41, 5.74) is 5.41. The van der Waals surface area contributed by atoms with Crippen molar-refractivity contribution in [1.82, 2.24) is 10.2 Å². The van der Waals surface area contributed by atoms with Gasteiger partial charge >= 0.3 is 6.09 Å². The van der Waals surface area contributed by atoms with E-state index in [4.69, 9.17) is 5.73 Å². The predicted molar refractivity (Wildman–Crippen MR) is 134 cm³/mol. The van der Waals surface area contributed by atoms with Gasteiger partial charge in [0.2, 0.25) is 5.91 Å². The quantitative estimate of drug-likeness (QED) is 0.243. The van der Waals surface area contributed by atoms with Gasteiger partial charge in [0.15, 0.2) is 5.60 Å². The van der Waals surface area contributed by atoms with Crippen LogP contribution in [-0.4, -0.2) is 82.0 Å². The molecular weight excluding hydrogens is 486 g/mol. The fraction of sp³-hybridized carbons (Fsp3) is 0.625. The number of aliphatic hydroxyl groups is 1. The number of amides is 3. The number of nitrogens with one attached hydrogen (secondary N) is 1. The summed E-state index contributed by atoms with van der Waals surface area (Å²) in [7, 11) is 1.48. The zero-order valence-corrected chi connectivity index (χ0v) is 21.8. The Morgan fingerprint density at radius 2 is 1.92 bits per heavy atom. The number of nitrogens with two attached hydrogens (primary N) is 1. The van der Waals surface area contributed by atoms with Crippen molar-refractivity contribution >= 4 is 23.6 Å². The minimum atomic E-state index is -1.74. The Balaban J connectivity index is 2.03. The van der Waals surface area contributed by atoms with Crippen LogP contribution in [-0.2, 0) is 20.8 Å². The number of nitrogens with zero attached hydrogens (tertiary/aromatic N) is 3. The van der Waals surface area contributed by atoms with Crippen molar-refractivity contribution in [2.75, 3.05) is 25.0 Å². The maximum absolute atomic E-state index is 13.4. The minimum Gasteiger partial charge on any atom is -0.465 e. The largest absolute Gasteiger partial charge is 0.465 e. The fourth-order valence-corrected chi connectivity index (χ4v) is 4.37. The summed E-state index contributed by atoms with van der Waals surface area (Å²) >= 11 is 0. The average Bonchev–Trinajstić information content (AvgIpc) is 2.79. The Morgan fingerprint density at radius 3 is 2.51 bits per heavy atom. The molecule has 1 aromatic carbocycles. The van der Waals surface area contributed by atoms with E-state index in [2.05, 4.69) is 10.2 Å². The number of benzene rings is 1. The molecule has 0 spiro atoms. The van der Waals surface area contributed by atoms with Crippen molar-refractivity contribution < 1.29 is 34.5 Å². The number of rotatable bonds is 11. The Morgan fingerprint density at radius 1 is 1.30 bits per heavy atom. The summed E-state index contributed by atoms with van der Waals surface area (Å²) < 4.78 is 0. The molecule has 0 aromatic heterocycles. The Kier molecular flexibility index (Phi) is 9.44. The number of carboxylic acid groups (broad SMARTS) is 1. The molecule has 13 nitrogen and oxygen atoms in total. The fourth-order valence-electron chi connectivity index (χ4n) is 4.37. The van der Waals surface area contributed by atoms with E-state index in [-0.39, 0.29) is 31.8 Å². The van der Waals surface area contributed by atoms with Gasteiger partial charge in [-0.3, -0.25) is 14.4 Å². The molecule has 3 amide bonds. The molecular formula is C24H37N5O8. The van der Waals surface area contributed by atoms with Crippen molar-refractivity contribution in [3.8, 4) is 0 Å². The van der Waals surface area contributed by atoms with Crippen molar-refractivity contribution in [2.24, 2.45) is 11.1 Å². The van der Waals surface area contributed by atoms with Crippen LogP contribution in [0.3, 0.4) is 0 Å². The van der Waals surface area contributed by atoms with Gasteiger partial charge in [-0.25, -0.2) is 4.79 Å². The van der Waals surface area contributed by atoms with E-state index in [0.29, 0.717) is 6.42 Å². The smallest absolute Gasteiger partial charge is 0.407 e. The molecule has 0 fully saturated rings. The predicted octanol–water partition coefficient (Wildman–Crippen LogP) is 1.15. The minimum absolute atomic E-state index is 0.0846. The normalized spacial score (nSPS) is 17.3. The van der Waals surface area contributed by atoms with Crippen LogP contribution in [0.2, 0.25) is 0 Å². The van der Waals surface area contributed by atoms with E-state index in [1.54, 1.807) is 4.90 Å². The van der Waals surface area contributed by atoms with Crippen LogP contribution in [0.25, 0.3) is 0 Å².